The summed E-state index contributed by atoms with van der Waals surface area (Å²) in [6, 6.07) is 10.4. The first-order valence-electron chi connectivity index (χ1n) is 7.09. The van der Waals surface area contributed by atoms with Crippen molar-refractivity contribution in [3.05, 3.63) is 80.6 Å². The zero-order chi connectivity index (χ0) is 17.1. The van der Waals surface area contributed by atoms with Gasteiger partial charge in [-0.25, -0.2) is 9.37 Å². The average molecular weight is 391 g/mol. The van der Waals surface area contributed by atoms with Gasteiger partial charge in [-0.15, -0.1) is 0 Å². The Morgan fingerprint density at radius 2 is 1.96 bits per heavy atom. The minimum absolute atomic E-state index is 0.0276. The number of ether oxygens (including phenoxy) is 1. The van der Waals surface area contributed by atoms with Crippen molar-refractivity contribution in [1.82, 2.24) is 9.38 Å². The highest BCUT2D eigenvalue weighted by molar-refractivity contribution is 9.10. The SMILES string of the molecule is O=C(Cc1ccc(F)cc1)OCc1cc(=O)n2cc(Br)ccc2n1. The van der Waals surface area contributed by atoms with Gasteiger partial charge in [0.05, 0.1) is 12.1 Å². The number of aromatic nitrogens is 2. The standard InChI is InChI=1S/C17H12BrFN2O3/c18-12-3-6-15-20-14(8-16(22)21(15)9-12)10-24-17(23)7-11-1-4-13(19)5-2-11/h1-6,8-9H,7,10H2. The molecule has 3 rings (SSSR count). The summed E-state index contributed by atoms with van der Waals surface area (Å²) in [5, 5.41) is 0. The summed E-state index contributed by atoms with van der Waals surface area (Å²) in [7, 11) is 0. The van der Waals surface area contributed by atoms with Crippen LogP contribution >= 0.6 is 15.9 Å². The number of nitrogens with zero attached hydrogens (tertiary/aromatic N) is 2. The Balaban J connectivity index is 1.69. The Morgan fingerprint density at radius 3 is 2.71 bits per heavy atom. The van der Waals surface area contributed by atoms with Gasteiger partial charge in [-0.05, 0) is 45.8 Å². The molecule has 7 heteroatoms. The van der Waals surface area contributed by atoms with Crippen LogP contribution in [0.4, 0.5) is 4.39 Å². The van der Waals surface area contributed by atoms with Crippen LogP contribution in [0.5, 0.6) is 0 Å². The minimum atomic E-state index is -0.473. The van der Waals surface area contributed by atoms with Gasteiger partial charge in [0, 0.05) is 16.7 Å². The Labute approximate surface area is 144 Å². The summed E-state index contributed by atoms with van der Waals surface area (Å²) in [5.74, 6) is -0.834. The van der Waals surface area contributed by atoms with Crippen LogP contribution in [-0.4, -0.2) is 15.4 Å². The fraction of sp³-hybridized carbons (Fsp3) is 0.118. The van der Waals surface area contributed by atoms with E-state index in [1.165, 1.54) is 34.7 Å². The van der Waals surface area contributed by atoms with Gasteiger partial charge >= 0.3 is 5.97 Å². The molecule has 24 heavy (non-hydrogen) atoms. The lowest BCUT2D eigenvalue weighted by Gasteiger charge is -2.06. The second-order valence-electron chi connectivity index (χ2n) is 5.13. The van der Waals surface area contributed by atoms with Crippen LogP contribution in [0.2, 0.25) is 0 Å². The zero-order valence-corrected chi connectivity index (χ0v) is 14.0. The molecule has 5 nitrogen and oxygen atoms in total. The summed E-state index contributed by atoms with van der Waals surface area (Å²) >= 11 is 3.29. The molecule has 1 aromatic carbocycles. The van der Waals surface area contributed by atoms with E-state index < -0.39 is 5.97 Å². The summed E-state index contributed by atoms with van der Waals surface area (Å²) in [6.07, 6.45) is 1.65. The maximum Gasteiger partial charge on any atom is 0.310 e. The van der Waals surface area contributed by atoms with E-state index in [-0.39, 0.29) is 24.4 Å². The van der Waals surface area contributed by atoms with Crippen molar-refractivity contribution < 1.29 is 13.9 Å². The van der Waals surface area contributed by atoms with E-state index in [1.807, 2.05) is 0 Å². The zero-order valence-electron chi connectivity index (χ0n) is 12.4. The third-order valence-electron chi connectivity index (χ3n) is 3.32. The van der Waals surface area contributed by atoms with Gasteiger partial charge in [-0.1, -0.05) is 12.1 Å². The van der Waals surface area contributed by atoms with Gasteiger partial charge in [0.25, 0.3) is 5.56 Å². The first-order chi connectivity index (χ1) is 11.5. The number of rotatable bonds is 4. The third-order valence-corrected chi connectivity index (χ3v) is 3.79. The molecule has 0 bridgehead atoms. The summed E-state index contributed by atoms with van der Waals surface area (Å²) in [4.78, 5) is 28.2. The number of carbonyl (C=O) groups is 1. The number of esters is 1. The number of benzene rings is 1. The predicted octanol–water partition coefficient (Wildman–Crippen LogP) is 2.88. The molecule has 2 heterocycles. The lowest BCUT2D eigenvalue weighted by Crippen LogP contribution is -2.17. The van der Waals surface area contributed by atoms with Crippen molar-refractivity contribution in [2.45, 2.75) is 13.0 Å². The Morgan fingerprint density at radius 1 is 1.21 bits per heavy atom. The maximum absolute atomic E-state index is 12.8. The predicted molar refractivity (Wildman–Crippen MR) is 89.1 cm³/mol. The lowest BCUT2D eigenvalue weighted by atomic mass is 10.1. The number of hydrogen-bond acceptors (Lipinski definition) is 4. The molecule has 0 aliphatic heterocycles. The van der Waals surface area contributed by atoms with Crippen LogP contribution in [0.1, 0.15) is 11.3 Å². The lowest BCUT2D eigenvalue weighted by molar-refractivity contribution is -0.144. The Bertz CT molecular complexity index is 954. The van der Waals surface area contributed by atoms with Gasteiger partial charge in [0.2, 0.25) is 0 Å². The topological polar surface area (TPSA) is 60.7 Å². The summed E-state index contributed by atoms with van der Waals surface area (Å²) < 4.78 is 20.1. The molecule has 0 fully saturated rings. The normalized spacial score (nSPS) is 10.8. The minimum Gasteiger partial charge on any atom is -0.459 e. The van der Waals surface area contributed by atoms with Gasteiger partial charge in [-0.3, -0.25) is 14.0 Å². The monoisotopic (exact) mass is 390 g/mol. The number of halogens is 2. The number of fused-ring (bicyclic) bond motifs is 1. The van der Waals surface area contributed by atoms with Gasteiger partial charge in [0.15, 0.2) is 0 Å². The first kappa shape index (κ1) is 16.3. The highest BCUT2D eigenvalue weighted by atomic mass is 79.9. The Kier molecular flexibility index (Phi) is 4.71. The van der Waals surface area contributed by atoms with Crippen molar-refractivity contribution in [2.24, 2.45) is 0 Å². The molecule has 0 spiro atoms. The molecule has 0 unspecified atom stereocenters. The van der Waals surface area contributed by atoms with Crippen LogP contribution in [-0.2, 0) is 22.6 Å². The molecule has 0 atom stereocenters. The van der Waals surface area contributed by atoms with E-state index >= 15 is 0 Å². The van der Waals surface area contributed by atoms with E-state index in [4.69, 9.17) is 4.74 Å². The number of carbonyl (C=O) groups excluding carboxylic acids is 1. The van der Waals surface area contributed by atoms with Crippen molar-refractivity contribution in [2.75, 3.05) is 0 Å². The largest absolute Gasteiger partial charge is 0.459 e. The molecule has 0 aliphatic rings. The average Bonchev–Trinajstić information content (AvgIpc) is 2.56. The highest BCUT2D eigenvalue weighted by Crippen LogP contribution is 2.10. The van der Waals surface area contributed by atoms with E-state index in [9.17, 15) is 14.0 Å². The summed E-state index contributed by atoms with van der Waals surface area (Å²) in [6.45, 7) is -0.0954. The fourth-order valence-corrected chi connectivity index (χ4v) is 2.51. The maximum atomic E-state index is 12.8. The molecule has 2 aromatic heterocycles. The van der Waals surface area contributed by atoms with Gasteiger partial charge in [-0.2, -0.15) is 0 Å². The highest BCUT2D eigenvalue weighted by Gasteiger charge is 2.08. The van der Waals surface area contributed by atoms with Crippen molar-refractivity contribution in [3.63, 3.8) is 0 Å². The quantitative estimate of drug-likeness (QED) is 0.642. The molecule has 0 saturated heterocycles. The van der Waals surface area contributed by atoms with Crippen LogP contribution < -0.4 is 5.56 Å². The molecule has 0 amide bonds. The van der Waals surface area contributed by atoms with Gasteiger partial charge < -0.3 is 4.74 Å². The van der Waals surface area contributed by atoms with Gasteiger partial charge in [0.1, 0.15) is 18.1 Å². The molecular formula is C17H12BrFN2O3. The fourth-order valence-electron chi connectivity index (χ4n) is 2.17. The molecule has 0 radical (unpaired) electrons. The smallest absolute Gasteiger partial charge is 0.310 e. The van der Waals surface area contributed by atoms with Crippen LogP contribution in [0.3, 0.4) is 0 Å². The van der Waals surface area contributed by atoms with E-state index in [0.29, 0.717) is 16.9 Å². The number of pyridine rings is 1. The first-order valence-corrected chi connectivity index (χ1v) is 7.88. The molecule has 3 aromatic rings. The van der Waals surface area contributed by atoms with Crippen molar-refractivity contribution in [3.8, 4) is 0 Å². The molecule has 0 aliphatic carbocycles. The van der Waals surface area contributed by atoms with Crippen LogP contribution in [0.15, 0.2) is 57.9 Å². The van der Waals surface area contributed by atoms with Crippen LogP contribution in [0.25, 0.3) is 5.65 Å². The van der Waals surface area contributed by atoms with Crippen molar-refractivity contribution >= 4 is 27.5 Å². The molecule has 0 N–H and O–H groups in total. The molecule has 0 saturated carbocycles. The second kappa shape index (κ2) is 6.92. The molecular weight excluding hydrogens is 379 g/mol. The third kappa shape index (κ3) is 3.86. The van der Waals surface area contributed by atoms with E-state index in [2.05, 4.69) is 20.9 Å². The molecule has 122 valence electrons. The summed E-state index contributed by atoms with van der Waals surface area (Å²) in [5.41, 5.74) is 1.23. The second-order valence-corrected chi connectivity index (χ2v) is 6.04. The van der Waals surface area contributed by atoms with Crippen molar-refractivity contribution in [1.29, 1.82) is 0 Å². The van der Waals surface area contributed by atoms with E-state index in [0.717, 1.165) is 4.47 Å². The van der Waals surface area contributed by atoms with Crippen LogP contribution in [0, 0.1) is 5.82 Å². The van der Waals surface area contributed by atoms with E-state index in [1.54, 1.807) is 18.3 Å². The Hall–Kier alpha value is -2.54. The number of hydrogen-bond donors (Lipinski definition) is 0.